The van der Waals surface area contributed by atoms with Gasteiger partial charge in [-0.3, -0.25) is 9.67 Å². The molecule has 2 aromatic heterocycles. The standard InChI is InChI=1S/C20H20F3N3O2/c21-20(22,23)16-1-2-17-15(16)7-13(9-24-17)18-8-19(12-3-5-27-10-12)26(25-18)14-4-6-28-11-14/h1,7-9,12,14H,2-6,10-11H2/t12-,14+/m0/s1. The van der Waals surface area contributed by atoms with Gasteiger partial charge in [0.05, 0.1) is 36.2 Å². The molecule has 2 atom stereocenters. The largest absolute Gasteiger partial charge is 0.416 e. The van der Waals surface area contributed by atoms with E-state index in [1.54, 1.807) is 12.3 Å². The predicted molar refractivity (Wildman–Crippen MR) is 95.8 cm³/mol. The minimum Gasteiger partial charge on any atom is -0.381 e. The van der Waals surface area contributed by atoms with Gasteiger partial charge in [-0.15, -0.1) is 0 Å². The first-order chi connectivity index (χ1) is 13.5. The first kappa shape index (κ1) is 17.9. The van der Waals surface area contributed by atoms with Crippen LogP contribution >= 0.6 is 0 Å². The molecule has 2 saturated heterocycles. The van der Waals surface area contributed by atoms with Crippen molar-refractivity contribution < 1.29 is 22.6 Å². The highest BCUT2D eigenvalue weighted by molar-refractivity contribution is 5.78. The predicted octanol–water partition coefficient (Wildman–Crippen LogP) is 3.91. The van der Waals surface area contributed by atoms with Gasteiger partial charge < -0.3 is 9.47 Å². The smallest absolute Gasteiger partial charge is 0.381 e. The monoisotopic (exact) mass is 391 g/mol. The molecular weight excluding hydrogens is 371 g/mol. The van der Waals surface area contributed by atoms with Crippen LogP contribution in [0.2, 0.25) is 0 Å². The summed E-state index contributed by atoms with van der Waals surface area (Å²) in [5.41, 5.74) is 2.34. The maximum absolute atomic E-state index is 13.3. The van der Waals surface area contributed by atoms with Crippen molar-refractivity contribution in [3.8, 4) is 11.3 Å². The second-order valence-electron chi connectivity index (χ2n) is 7.51. The highest BCUT2D eigenvalue weighted by Crippen LogP contribution is 2.41. The normalized spacial score (nSPS) is 24.6. The number of nitrogens with zero attached hydrogens (tertiary/aromatic N) is 3. The van der Waals surface area contributed by atoms with E-state index in [2.05, 4.69) is 4.98 Å². The number of rotatable bonds is 3. The van der Waals surface area contributed by atoms with E-state index in [1.807, 2.05) is 10.7 Å². The summed E-state index contributed by atoms with van der Waals surface area (Å²) in [4.78, 5) is 4.28. The summed E-state index contributed by atoms with van der Waals surface area (Å²) in [5.74, 6) is 0.245. The summed E-state index contributed by atoms with van der Waals surface area (Å²) in [7, 11) is 0. The SMILES string of the molecule is FC(F)(F)C1=CCc2ncc(-c3cc([C@H]4CCOC4)n([C@@H]4CCOC4)n3)cc21. The Bertz CT molecular complexity index is 890. The summed E-state index contributed by atoms with van der Waals surface area (Å²) in [6, 6.07) is 3.70. The minimum atomic E-state index is -4.38. The molecule has 0 saturated carbocycles. The van der Waals surface area contributed by atoms with E-state index in [0.29, 0.717) is 43.4 Å². The number of hydrogen-bond acceptors (Lipinski definition) is 4. The van der Waals surface area contributed by atoms with E-state index >= 15 is 0 Å². The lowest BCUT2D eigenvalue weighted by Gasteiger charge is -2.16. The summed E-state index contributed by atoms with van der Waals surface area (Å²) in [6.07, 6.45) is 0.463. The number of allylic oxidation sites excluding steroid dienone is 2. The van der Waals surface area contributed by atoms with Crippen molar-refractivity contribution in [2.45, 2.75) is 37.4 Å². The molecule has 4 heterocycles. The van der Waals surface area contributed by atoms with Gasteiger partial charge in [0.1, 0.15) is 0 Å². The van der Waals surface area contributed by atoms with Crippen molar-refractivity contribution in [3.63, 3.8) is 0 Å². The second-order valence-corrected chi connectivity index (χ2v) is 7.51. The average Bonchev–Trinajstić information content (AvgIpc) is 3.46. The van der Waals surface area contributed by atoms with Gasteiger partial charge in [-0.1, -0.05) is 6.08 Å². The van der Waals surface area contributed by atoms with Crippen molar-refractivity contribution in [1.29, 1.82) is 0 Å². The molecule has 28 heavy (non-hydrogen) atoms. The van der Waals surface area contributed by atoms with E-state index < -0.39 is 11.7 Å². The van der Waals surface area contributed by atoms with Crippen LogP contribution in [0.25, 0.3) is 16.8 Å². The molecule has 0 aromatic carbocycles. The van der Waals surface area contributed by atoms with E-state index in [1.165, 1.54) is 6.08 Å². The molecular formula is C20H20F3N3O2. The van der Waals surface area contributed by atoms with Gasteiger partial charge in [-0.25, -0.2) is 0 Å². The fourth-order valence-corrected chi connectivity index (χ4v) is 4.24. The third kappa shape index (κ3) is 3.04. The Labute approximate surface area is 160 Å². The van der Waals surface area contributed by atoms with Gasteiger partial charge in [0.15, 0.2) is 0 Å². The molecule has 3 aliphatic rings. The topological polar surface area (TPSA) is 49.2 Å². The number of fused-ring (bicyclic) bond motifs is 1. The van der Waals surface area contributed by atoms with E-state index in [-0.39, 0.29) is 23.9 Å². The number of ether oxygens (including phenoxy) is 2. The Hall–Kier alpha value is -2.19. The van der Waals surface area contributed by atoms with Crippen LogP contribution in [-0.2, 0) is 15.9 Å². The van der Waals surface area contributed by atoms with Crippen LogP contribution < -0.4 is 0 Å². The molecule has 2 fully saturated rings. The maximum atomic E-state index is 13.3. The van der Waals surface area contributed by atoms with Gasteiger partial charge in [0, 0.05) is 48.6 Å². The van der Waals surface area contributed by atoms with Crippen molar-refractivity contribution in [2.24, 2.45) is 0 Å². The summed E-state index contributed by atoms with van der Waals surface area (Å²) in [6.45, 7) is 2.65. The fourth-order valence-electron chi connectivity index (χ4n) is 4.24. The fraction of sp³-hybridized carbons (Fsp3) is 0.500. The highest BCUT2D eigenvalue weighted by Gasteiger charge is 2.38. The maximum Gasteiger partial charge on any atom is 0.416 e. The van der Waals surface area contributed by atoms with Crippen LogP contribution in [0.5, 0.6) is 0 Å². The lowest BCUT2D eigenvalue weighted by Crippen LogP contribution is -2.16. The molecule has 8 heteroatoms. The van der Waals surface area contributed by atoms with Gasteiger partial charge in [0.2, 0.25) is 0 Å². The molecule has 5 nitrogen and oxygen atoms in total. The molecule has 0 amide bonds. The molecule has 0 unspecified atom stereocenters. The summed E-state index contributed by atoms with van der Waals surface area (Å²) in [5, 5.41) is 4.76. The summed E-state index contributed by atoms with van der Waals surface area (Å²) >= 11 is 0. The van der Waals surface area contributed by atoms with Gasteiger partial charge >= 0.3 is 6.18 Å². The third-order valence-corrected chi connectivity index (χ3v) is 5.73. The van der Waals surface area contributed by atoms with E-state index in [0.717, 1.165) is 18.5 Å². The number of halogens is 3. The molecule has 0 bridgehead atoms. The van der Waals surface area contributed by atoms with Crippen LogP contribution in [-0.4, -0.2) is 47.4 Å². The van der Waals surface area contributed by atoms with Gasteiger partial charge in [-0.05, 0) is 25.0 Å². The van der Waals surface area contributed by atoms with Crippen LogP contribution in [0.1, 0.15) is 41.8 Å². The van der Waals surface area contributed by atoms with E-state index in [4.69, 9.17) is 14.6 Å². The molecule has 2 aliphatic heterocycles. The lowest BCUT2D eigenvalue weighted by atomic mass is 10.0. The average molecular weight is 391 g/mol. The number of aromatic nitrogens is 3. The Morgan fingerprint density at radius 1 is 1.07 bits per heavy atom. The third-order valence-electron chi connectivity index (χ3n) is 5.73. The second kappa shape index (κ2) is 6.70. The van der Waals surface area contributed by atoms with Crippen molar-refractivity contribution in [3.05, 3.63) is 41.4 Å². The molecule has 0 spiro atoms. The van der Waals surface area contributed by atoms with Crippen LogP contribution in [0, 0.1) is 0 Å². The first-order valence-electron chi connectivity index (χ1n) is 9.52. The van der Waals surface area contributed by atoms with Crippen LogP contribution in [0.3, 0.4) is 0 Å². The summed E-state index contributed by atoms with van der Waals surface area (Å²) < 4.78 is 53.0. The Kier molecular flexibility index (Phi) is 4.28. The van der Waals surface area contributed by atoms with Gasteiger partial charge in [0.25, 0.3) is 0 Å². The zero-order chi connectivity index (χ0) is 19.3. The minimum absolute atomic E-state index is 0.150. The number of pyridine rings is 1. The molecule has 0 radical (unpaired) electrons. The van der Waals surface area contributed by atoms with Crippen LogP contribution in [0.15, 0.2) is 24.4 Å². The Morgan fingerprint density at radius 2 is 1.89 bits per heavy atom. The molecule has 148 valence electrons. The van der Waals surface area contributed by atoms with E-state index in [9.17, 15) is 13.2 Å². The number of alkyl halides is 3. The van der Waals surface area contributed by atoms with Gasteiger partial charge in [-0.2, -0.15) is 18.3 Å². The quantitative estimate of drug-likeness (QED) is 0.796. The van der Waals surface area contributed by atoms with Crippen LogP contribution in [0.4, 0.5) is 13.2 Å². The molecule has 2 aromatic rings. The lowest BCUT2D eigenvalue weighted by molar-refractivity contribution is -0.0687. The Morgan fingerprint density at radius 3 is 2.61 bits per heavy atom. The molecule has 1 aliphatic carbocycles. The Balaban J connectivity index is 1.55. The van der Waals surface area contributed by atoms with Crippen molar-refractivity contribution >= 4 is 5.57 Å². The first-order valence-corrected chi connectivity index (χ1v) is 9.52. The van der Waals surface area contributed by atoms with Crippen molar-refractivity contribution in [2.75, 3.05) is 26.4 Å². The van der Waals surface area contributed by atoms with Crippen molar-refractivity contribution in [1.82, 2.24) is 14.8 Å². The zero-order valence-electron chi connectivity index (χ0n) is 15.2. The molecule has 5 rings (SSSR count). The molecule has 0 N–H and O–H groups in total. The number of hydrogen-bond donors (Lipinski definition) is 0. The highest BCUT2D eigenvalue weighted by atomic mass is 19.4. The zero-order valence-corrected chi connectivity index (χ0v) is 15.2.